The van der Waals surface area contributed by atoms with E-state index in [1.54, 1.807) is 23.9 Å². The average molecular weight is 293 g/mol. The number of methoxy groups -OCH3 is 1. The summed E-state index contributed by atoms with van der Waals surface area (Å²) in [5, 5.41) is 2.87. The van der Waals surface area contributed by atoms with E-state index in [-0.39, 0.29) is 5.91 Å². The molecule has 1 aliphatic rings. The second kappa shape index (κ2) is 5.87. The number of aryl methyl sites for hydroxylation is 1. The summed E-state index contributed by atoms with van der Waals surface area (Å²) >= 11 is 1.67. The zero-order valence-corrected chi connectivity index (χ0v) is 12.8. The molecule has 1 aromatic carbocycles. The van der Waals surface area contributed by atoms with Gasteiger partial charge in [-0.3, -0.25) is 4.79 Å². The molecule has 5 heteroatoms. The van der Waals surface area contributed by atoms with Crippen LogP contribution in [-0.4, -0.2) is 29.5 Å². The van der Waals surface area contributed by atoms with Crippen molar-refractivity contribution in [2.24, 2.45) is 0 Å². The number of nitrogens with one attached hydrogen (secondary N) is 1. The molecular formula is C15H19NO3S. The van der Waals surface area contributed by atoms with Crippen LogP contribution in [-0.2, 0) is 9.53 Å². The van der Waals surface area contributed by atoms with Crippen LogP contribution in [0.5, 0.6) is 0 Å². The Morgan fingerprint density at radius 3 is 2.75 bits per heavy atom. The third-order valence-corrected chi connectivity index (χ3v) is 5.05. The van der Waals surface area contributed by atoms with Gasteiger partial charge in [0.1, 0.15) is 0 Å². The molecule has 1 aromatic rings. The lowest BCUT2D eigenvalue weighted by Gasteiger charge is -2.22. The van der Waals surface area contributed by atoms with Crippen LogP contribution in [0.4, 0.5) is 5.69 Å². The van der Waals surface area contributed by atoms with Crippen molar-refractivity contribution in [2.45, 2.75) is 31.4 Å². The molecular weight excluding hydrogens is 274 g/mol. The molecule has 1 N–H and O–H groups in total. The van der Waals surface area contributed by atoms with E-state index in [1.165, 1.54) is 7.11 Å². The molecule has 0 aromatic heterocycles. The maximum atomic E-state index is 12.4. The quantitative estimate of drug-likeness (QED) is 0.870. The minimum Gasteiger partial charge on any atom is -0.465 e. The Balaban J connectivity index is 2.25. The van der Waals surface area contributed by atoms with Crippen LogP contribution >= 0.6 is 11.8 Å². The third kappa shape index (κ3) is 2.98. The molecule has 4 nitrogen and oxygen atoms in total. The van der Waals surface area contributed by atoms with Gasteiger partial charge in [-0.05, 0) is 44.6 Å². The zero-order valence-electron chi connectivity index (χ0n) is 12.0. The SMILES string of the molecule is COC(=O)c1cc(C)ccc1NC(=O)C1(C)CCCS1. The molecule has 0 bridgehead atoms. The first-order valence-electron chi connectivity index (χ1n) is 6.61. The summed E-state index contributed by atoms with van der Waals surface area (Å²) in [7, 11) is 1.34. The number of rotatable bonds is 3. The van der Waals surface area contributed by atoms with Gasteiger partial charge in [0.2, 0.25) is 5.91 Å². The number of amides is 1. The van der Waals surface area contributed by atoms with E-state index in [2.05, 4.69) is 5.32 Å². The van der Waals surface area contributed by atoms with E-state index in [0.29, 0.717) is 11.3 Å². The lowest BCUT2D eigenvalue weighted by Crippen LogP contribution is -2.35. The van der Waals surface area contributed by atoms with Gasteiger partial charge in [0, 0.05) is 0 Å². The molecule has 20 heavy (non-hydrogen) atoms. The molecule has 1 atom stereocenters. The lowest BCUT2D eigenvalue weighted by atomic mass is 10.0. The largest absolute Gasteiger partial charge is 0.465 e. The molecule has 0 saturated carbocycles. The van der Waals surface area contributed by atoms with Gasteiger partial charge in [-0.15, -0.1) is 11.8 Å². The fraction of sp³-hybridized carbons (Fsp3) is 0.467. The number of carbonyl (C=O) groups excluding carboxylic acids is 2. The Labute approximate surface area is 123 Å². The third-order valence-electron chi connectivity index (χ3n) is 3.53. The fourth-order valence-electron chi connectivity index (χ4n) is 2.26. The highest BCUT2D eigenvalue weighted by molar-refractivity contribution is 8.01. The Kier molecular flexibility index (Phi) is 4.38. The van der Waals surface area contributed by atoms with E-state index in [9.17, 15) is 9.59 Å². The molecule has 1 unspecified atom stereocenters. The molecule has 2 rings (SSSR count). The maximum absolute atomic E-state index is 12.4. The summed E-state index contributed by atoms with van der Waals surface area (Å²) in [5.74, 6) is 0.518. The summed E-state index contributed by atoms with van der Waals surface area (Å²) in [6.45, 7) is 3.85. The van der Waals surface area contributed by atoms with Crippen LogP contribution in [0.15, 0.2) is 18.2 Å². The van der Waals surface area contributed by atoms with E-state index in [1.807, 2.05) is 19.9 Å². The van der Waals surface area contributed by atoms with Crippen molar-refractivity contribution in [3.63, 3.8) is 0 Å². The normalized spacial score (nSPS) is 21.6. The number of esters is 1. The summed E-state index contributed by atoms with van der Waals surface area (Å²) in [6.07, 6.45) is 1.91. The lowest BCUT2D eigenvalue weighted by molar-refractivity contribution is -0.118. The molecule has 1 amide bonds. The zero-order chi connectivity index (χ0) is 14.8. The van der Waals surface area contributed by atoms with Crippen molar-refractivity contribution < 1.29 is 14.3 Å². The predicted molar refractivity (Wildman–Crippen MR) is 81.2 cm³/mol. The van der Waals surface area contributed by atoms with E-state index in [4.69, 9.17) is 4.74 Å². The molecule has 0 radical (unpaired) electrons. The Morgan fingerprint density at radius 1 is 1.40 bits per heavy atom. The van der Waals surface area contributed by atoms with E-state index < -0.39 is 10.7 Å². The van der Waals surface area contributed by atoms with E-state index >= 15 is 0 Å². The predicted octanol–water partition coefficient (Wildman–Crippen LogP) is 3.01. The topological polar surface area (TPSA) is 55.4 Å². The smallest absolute Gasteiger partial charge is 0.339 e. The first kappa shape index (κ1) is 14.9. The first-order valence-corrected chi connectivity index (χ1v) is 7.59. The van der Waals surface area contributed by atoms with Gasteiger partial charge in [0.15, 0.2) is 0 Å². The maximum Gasteiger partial charge on any atom is 0.339 e. The number of anilines is 1. The van der Waals surface area contributed by atoms with Gasteiger partial charge in [0.25, 0.3) is 0 Å². The van der Waals surface area contributed by atoms with Gasteiger partial charge in [-0.1, -0.05) is 11.6 Å². The highest BCUT2D eigenvalue weighted by Gasteiger charge is 2.37. The van der Waals surface area contributed by atoms with Crippen molar-refractivity contribution in [3.8, 4) is 0 Å². The van der Waals surface area contributed by atoms with E-state index in [0.717, 1.165) is 24.2 Å². The van der Waals surface area contributed by atoms with Gasteiger partial charge >= 0.3 is 5.97 Å². The molecule has 108 valence electrons. The van der Waals surface area contributed by atoms with Crippen LogP contribution in [0.2, 0.25) is 0 Å². The summed E-state index contributed by atoms with van der Waals surface area (Å²) < 4.78 is 4.36. The highest BCUT2D eigenvalue weighted by atomic mass is 32.2. The van der Waals surface area contributed by atoms with Crippen molar-refractivity contribution in [3.05, 3.63) is 29.3 Å². The van der Waals surface area contributed by atoms with Crippen LogP contribution in [0.25, 0.3) is 0 Å². The number of benzene rings is 1. The Bertz CT molecular complexity index is 536. The molecule has 1 fully saturated rings. The van der Waals surface area contributed by atoms with Gasteiger partial charge in [-0.25, -0.2) is 4.79 Å². The number of hydrogen-bond acceptors (Lipinski definition) is 4. The second-order valence-corrected chi connectivity index (χ2v) is 6.78. The minimum absolute atomic E-state index is 0.0472. The molecule has 1 heterocycles. The monoisotopic (exact) mass is 293 g/mol. The number of ether oxygens (including phenoxy) is 1. The van der Waals surface area contributed by atoms with Crippen molar-refractivity contribution >= 4 is 29.3 Å². The molecule has 1 aliphatic heterocycles. The Hall–Kier alpha value is -1.49. The van der Waals surface area contributed by atoms with Gasteiger partial charge in [-0.2, -0.15) is 0 Å². The molecule has 0 spiro atoms. The van der Waals surface area contributed by atoms with Crippen LogP contribution < -0.4 is 5.32 Å². The first-order chi connectivity index (χ1) is 9.46. The summed E-state index contributed by atoms with van der Waals surface area (Å²) in [5.41, 5.74) is 1.86. The highest BCUT2D eigenvalue weighted by Crippen LogP contribution is 2.38. The minimum atomic E-state index is -0.437. The number of carbonyl (C=O) groups is 2. The molecule has 1 saturated heterocycles. The summed E-state index contributed by atoms with van der Waals surface area (Å²) in [6, 6.07) is 5.35. The summed E-state index contributed by atoms with van der Waals surface area (Å²) in [4.78, 5) is 24.2. The van der Waals surface area contributed by atoms with Crippen LogP contribution in [0.3, 0.4) is 0 Å². The second-order valence-electron chi connectivity index (χ2n) is 5.18. The Morgan fingerprint density at radius 2 is 2.15 bits per heavy atom. The average Bonchev–Trinajstić information content (AvgIpc) is 2.88. The fourth-order valence-corrected chi connectivity index (χ4v) is 3.47. The van der Waals surface area contributed by atoms with Crippen molar-refractivity contribution in [1.82, 2.24) is 0 Å². The van der Waals surface area contributed by atoms with Crippen LogP contribution in [0, 0.1) is 6.92 Å². The van der Waals surface area contributed by atoms with Gasteiger partial charge < -0.3 is 10.1 Å². The van der Waals surface area contributed by atoms with Crippen molar-refractivity contribution in [1.29, 1.82) is 0 Å². The number of thioether (sulfide) groups is 1. The standard InChI is InChI=1S/C15H19NO3S/c1-10-5-6-12(11(9-10)13(17)19-3)16-14(18)15(2)7-4-8-20-15/h5-6,9H,4,7-8H2,1-3H3,(H,16,18). The van der Waals surface area contributed by atoms with Gasteiger partial charge in [0.05, 0.1) is 23.1 Å². The van der Waals surface area contributed by atoms with Crippen LogP contribution in [0.1, 0.15) is 35.7 Å². The number of hydrogen-bond donors (Lipinski definition) is 1. The van der Waals surface area contributed by atoms with Crippen molar-refractivity contribution in [2.75, 3.05) is 18.2 Å². The molecule has 0 aliphatic carbocycles.